The van der Waals surface area contributed by atoms with E-state index in [1.54, 1.807) is 6.26 Å². The zero-order valence-electron chi connectivity index (χ0n) is 17.6. The Balaban J connectivity index is 0.00000280. The Bertz CT molecular complexity index is 563. The van der Waals surface area contributed by atoms with E-state index in [1.165, 1.54) is 32.5 Å². The standard InChI is InChI=1S/C20H36N6O.HI/c1-17-13-18(2)15-25(14-17)7-4-6-22-20(21-3)26-10-8-24(9-11-26)16-19-5-12-27-23-19;/h5,12,17-18H,4,6-11,13-16H2,1-3H3,(H,21,22);1H. The van der Waals surface area contributed by atoms with Gasteiger partial charge in [0.05, 0.1) is 5.69 Å². The summed E-state index contributed by atoms with van der Waals surface area (Å²) in [5.74, 6) is 2.71. The Hall–Kier alpha value is -0.870. The SMILES string of the molecule is CN=C(NCCCN1CC(C)CC(C)C1)N1CCN(Cc2ccon2)CC1.I. The lowest BCUT2D eigenvalue weighted by Gasteiger charge is -2.36. The number of nitrogens with zero attached hydrogens (tertiary/aromatic N) is 5. The van der Waals surface area contributed by atoms with Gasteiger partial charge in [0.25, 0.3) is 0 Å². The van der Waals surface area contributed by atoms with Crippen molar-refractivity contribution < 1.29 is 4.52 Å². The number of guanidine groups is 1. The van der Waals surface area contributed by atoms with Crippen LogP contribution in [0.2, 0.25) is 0 Å². The minimum Gasteiger partial charge on any atom is -0.364 e. The molecule has 2 atom stereocenters. The lowest BCUT2D eigenvalue weighted by atomic mass is 9.92. The van der Waals surface area contributed by atoms with Crippen LogP contribution in [0, 0.1) is 11.8 Å². The molecule has 2 fully saturated rings. The highest BCUT2D eigenvalue weighted by atomic mass is 127. The van der Waals surface area contributed by atoms with E-state index in [2.05, 4.69) is 44.0 Å². The summed E-state index contributed by atoms with van der Waals surface area (Å²) in [5, 5.41) is 7.57. The van der Waals surface area contributed by atoms with Crippen molar-refractivity contribution in [1.29, 1.82) is 0 Å². The van der Waals surface area contributed by atoms with Crippen LogP contribution in [0.15, 0.2) is 21.8 Å². The van der Waals surface area contributed by atoms with E-state index in [9.17, 15) is 0 Å². The second-order valence-electron chi connectivity index (χ2n) is 8.29. The van der Waals surface area contributed by atoms with Gasteiger partial charge in [0.15, 0.2) is 5.96 Å². The summed E-state index contributed by atoms with van der Waals surface area (Å²) in [6, 6.07) is 1.94. The third kappa shape index (κ3) is 7.18. The van der Waals surface area contributed by atoms with Gasteiger partial charge in [0.2, 0.25) is 0 Å². The molecular formula is C20H37IN6O. The van der Waals surface area contributed by atoms with E-state index in [4.69, 9.17) is 4.52 Å². The second-order valence-corrected chi connectivity index (χ2v) is 8.29. The Kier molecular flexibility index (Phi) is 10.0. The summed E-state index contributed by atoms with van der Waals surface area (Å²) in [4.78, 5) is 11.9. The van der Waals surface area contributed by atoms with E-state index in [-0.39, 0.29) is 24.0 Å². The molecule has 8 heteroatoms. The lowest BCUT2D eigenvalue weighted by molar-refractivity contribution is 0.139. The summed E-state index contributed by atoms with van der Waals surface area (Å²) < 4.78 is 4.92. The average Bonchev–Trinajstić information content (AvgIpc) is 3.15. The van der Waals surface area contributed by atoms with Crippen molar-refractivity contribution in [1.82, 2.24) is 25.2 Å². The Labute approximate surface area is 186 Å². The maximum atomic E-state index is 4.92. The summed E-state index contributed by atoms with van der Waals surface area (Å²) in [6.45, 7) is 14.4. The topological polar surface area (TPSA) is 60.1 Å². The molecule has 2 aliphatic heterocycles. The number of nitrogens with one attached hydrogen (secondary N) is 1. The van der Waals surface area contributed by atoms with E-state index in [0.717, 1.165) is 62.8 Å². The fourth-order valence-corrected chi connectivity index (χ4v) is 4.48. The van der Waals surface area contributed by atoms with Crippen molar-refractivity contribution in [3.8, 4) is 0 Å². The monoisotopic (exact) mass is 504 g/mol. The number of hydrogen-bond donors (Lipinski definition) is 1. The molecule has 28 heavy (non-hydrogen) atoms. The minimum atomic E-state index is 0. The highest BCUT2D eigenvalue weighted by Crippen LogP contribution is 2.20. The molecule has 160 valence electrons. The van der Waals surface area contributed by atoms with Gasteiger partial charge in [-0.2, -0.15) is 0 Å². The molecule has 0 aliphatic carbocycles. The van der Waals surface area contributed by atoms with Crippen LogP contribution < -0.4 is 5.32 Å². The zero-order chi connectivity index (χ0) is 19.1. The van der Waals surface area contributed by atoms with Crippen LogP contribution >= 0.6 is 24.0 Å². The fourth-order valence-electron chi connectivity index (χ4n) is 4.48. The summed E-state index contributed by atoms with van der Waals surface area (Å²) in [5.41, 5.74) is 1.01. The van der Waals surface area contributed by atoms with Crippen LogP contribution in [0.25, 0.3) is 0 Å². The number of rotatable bonds is 6. The Morgan fingerprint density at radius 2 is 1.89 bits per heavy atom. The predicted octanol–water partition coefficient (Wildman–Crippen LogP) is 2.35. The van der Waals surface area contributed by atoms with Crippen LogP contribution in [0.5, 0.6) is 0 Å². The van der Waals surface area contributed by atoms with E-state index in [1.807, 2.05) is 13.1 Å². The normalized spacial score (nSPS) is 24.8. The smallest absolute Gasteiger partial charge is 0.193 e. The van der Waals surface area contributed by atoms with Gasteiger partial charge in [-0.15, -0.1) is 24.0 Å². The molecule has 0 aromatic carbocycles. The van der Waals surface area contributed by atoms with Gasteiger partial charge >= 0.3 is 0 Å². The molecule has 3 heterocycles. The molecule has 0 bridgehead atoms. The molecule has 0 spiro atoms. The van der Waals surface area contributed by atoms with Crippen molar-refractivity contribution in [3.05, 3.63) is 18.0 Å². The minimum absolute atomic E-state index is 0. The largest absolute Gasteiger partial charge is 0.364 e. The lowest BCUT2D eigenvalue weighted by Crippen LogP contribution is -2.52. The summed E-state index contributed by atoms with van der Waals surface area (Å²) in [6.07, 6.45) is 4.19. The van der Waals surface area contributed by atoms with Crippen molar-refractivity contribution >= 4 is 29.9 Å². The number of hydrogen-bond acceptors (Lipinski definition) is 5. The van der Waals surface area contributed by atoms with Crippen molar-refractivity contribution in [3.63, 3.8) is 0 Å². The third-order valence-electron chi connectivity index (χ3n) is 5.64. The first-order chi connectivity index (χ1) is 13.1. The van der Waals surface area contributed by atoms with Crippen LogP contribution in [-0.4, -0.2) is 85.2 Å². The predicted molar refractivity (Wildman–Crippen MR) is 124 cm³/mol. The van der Waals surface area contributed by atoms with Crippen LogP contribution in [0.4, 0.5) is 0 Å². The van der Waals surface area contributed by atoms with Crippen molar-refractivity contribution in [2.75, 3.05) is 59.4 Å². The zero-order valence-corrected chi connectivity index (χ0v) is 20.0. The summed E-state index contributed by atoms with van der Waals surface area (Å²) in [7, 11) is 1.89. The first kappa shape index (κ1) is 23.4. The van der Waals surface area contributed by atoms with Gasteiger partial charge in [0, 0.05) is 65.5 Å². The van der Waals surface area contributed by atoms with Gasteiger partial charge in [-0.3, -0.25) is 9.89 Å². The first-order valence-corrected chi connectivity index (χ1v) is 10.4. The Morgan fingerprint density at radius 3 is 2.50 bits per heavy atom. The number of piperazine rings is 1. The number of piperidine rings is 1. The first-order valence-electron chi connectivity index (χ1n) is 10.4. The molecule has 2 aliphatic rings. The number of aromatic nitrogens is 1. The van der Waals surface area contributed by atoms with Gasteiger partial charge in [-0.25, -0.2) is 0 Å². The number of halogens is 1. The van der Waals surface area contributed by atoms with Crippen molar-refractivity contribution in [2.24, 2.45) is 16.8 Å². The molecule has 3 rings (SSSR count). The van der Waals surface area contributed by atoms with Crippen molar-refractivity contribution in [2.45, 2.75) is 33.2 Å². The van der Waals surface area contributed by atoms with Crippen LogP contribution in [0.3, 0.4) is 0 Å². The maximum absolute atomic E-state index is 4.92. The van der Waals surface area contributed by atoms with E-state index in [0.29, 0.717) is 0 Å². The molecule has 0 saturated carbocycles. The van der Waals surface area contributed by atoms with Gasteiger partial charge in [-0.05, 0) is 31.2 Å². The highest BCUT2D eigenvalue weighted by molar-refractivity contribution is 14.0. The molecular weight excluding hydrogens is 467 g/mol. The fraction of sp³-hybridized carbons (Fsp3) is 0.800. The van der Waals surface area contributed by atoms with Crippen LogP contribution in [-0.2, 0) is 6.54 Å². The van der Waals surface area contributed by atoms with E-state index < -0.39 is 0 Å². The van der Waals surface area contributed by atoms with Gasteiger partial charge in [0.1, 0.15) is 6.26 Å². The molecule has 1 N–H and O–H groups in total. The molecule has 0 radical (unpaired) electrons. The third-order valence-corrected chi connectivity index (χ3v) is 5.64. The van der Waals surface area contributed by atoms with E-state index >= 15 is 0 Å². The second kappa shape index (κ2) is 12.0. The summed E-state index contributed by atoms with van der Waals surface area (Å²) >= 11 is 0. The van der Waals surface area contributed by atoms with Crippen LogP contribution in [0.1, 0.15) is 32.4 Å². The maximum Gasteiger partial charge on any atom is 0.193 e. The molecule has 1 aromatic heterocycles. The van der Waals surface area contributed by atoms with Gasteiger partial charge in [-0.1, -0.05) is 19.0 Å². The highest BCUT2D eigenvalue weighted by Gasteiger charge is 2.22. The number of aliphatic imine (C=N–C) groups is 1. The number of likely N-dealkylation sites (tertiary alicyclic amines) is 1. The molecule has 2 unspecified atom stereocenters. The Morgan fingerprint density at radius 1 is 1.18 bits per heavy atom. The van der Waals surface area contributed by atoms with Gasteiger partial charge < -0.3 is 19.6 Å². The molecule has 2 saturated heterocycles. The average molecular weight is 504 g/mol. The molecule has 7 nitrogen and oxygen atoms in total. The molecule has 0 amide bonds. The molecule has 1 aromatic rings. The quantitative estimate of drug-likeness (QED) is 0.278.